The molecule has 0 heterocycles. The highest BCUT2D eigenvalue weighted by Crippen LogP contribution is 2.59. The van der Waals surface area contributed by atoms with Crippen LogP contribution in [-0.2, 0) is 9.47 Å². The third-order valence-corrected chi connectivity index (χ3v) is 5.84. The van der Waals surface area contributed by atoms with Crippen LogP contribution in [0.2, 0.25) is 0 Å². The zero-order valence-corrected chi connectivity index (χ0v) is 15.8. The number of hydrogen-bond donors (Lipinski definition) is 0. The van der Waals surface area contributed by atoms with Crippen LogP contribution in [0.5, 0.6) is 0 Å². The van der Waals surface area contributed by atoms with Crippen LogP contribution in [0.3, 0.4) is 0 Å². The third-order valence-electron chi connectivity index (χ3n) is 5.84. The van der Waals surface area contributed by atoms with E-state index >= 15 is 0 Å². The van der Waals surface area contributed by atoms with Crippen molar-refractivity contribution in [3.8, 4) is 0 Å². The summed E-state index contributed by atoms with van der Waals surface area (Å²) in [6, 6.07) is 21.7. The Labute approximate surface area is 152 Å². The van der Waals surface area contributed by atoms with E-state index in [0.717, 1.165) is 0 Å². The topological polar surface area (TPSA) is 18.5 Å². The molecule has 0 N–H and O–H groups in total. The summed E-state index contributed by atoms with van der Waals surface area (Å²) < 4.78 is 12.7. The van der Waals surface area contributed by atoms with Crippen LogP contribution >= 0.6 is 0 Å². The van der Waals surface area contributed by atoms with E-state index in [-0.39, 0.29) is 11.8 Å². The van der Waals surface area contributed by atoms with Gasteiger partial charge in [0, 0.05) is 25.0 Å². The molecule has 4 unspecified atom stereocenters. The molecule has 0 radical (unpaired) electrons. The normalized spacial score (nSPS) is 28.2. The Bertz CT molecular complexity index is 593. The monoisotopic (exact) mass is 338 g/mol. The van der Waals surface area contributed by atoms with Gasteiger partial charge in [-0.1, -0.05) is 74.5 Å². The van der Waals surface area contributed by atoms with Gasteiger partial charge in [-0.15, -0.1) is 0 Å². The van der Waals surface area contributed by atoms with Gasteiger partial charge >= 0.3 is 0 Å². The van der Waals surface area contributed by atoms with E-state index in [4.69, 9.17) is 9.47 Å². The molecule has 0 bridgehead atoms. The van der Waals surface area contributed by atoms with Gasteiger partial charge in [-0.2, -0.15) is 0 Å². The van der Waals surface area contributed by atoms with Crippen LogP contribution < -0.4 is 0 Å². The van der Waals surface area contributed by atoms with Crippen LogP contribution in [0, 0.1) is 11.8 Å². The second-order valence-electron chi connectivity index (χ2n) is 7.04. The van der Waals surface area contributed by atoms with Crippen LogP contribution in [-0.4, -0.2) is 19.0 Å². The summed E-state index contributed by atoms with van der Waals surface area (Å²) in [7, 11) is 0. The Morgan fingerprint density at radius 1 is 0.680 bits per heavy atom. The number of ether oxygens (including phenoxy) is 2. The first kappa shape index (κ1) is 18.2. The van der Waals surface area contributed by atoms with Gasteiger partial charge in [0.15, 0.2) is 5.79 Å². The Hall–Kier alpha value is -1.64. The highest BCUT2D eigenvalue weighted by Gasteiger charge is 2.59. The second-order valence-corrected chi connectivity index (χ2v) is 7.04. The SMILES string of the molecule is CCOC1(OCC)C(C)C(c2ccccc2)C(c2ccccc2)C1C. The van der Waals surface area contributed by atoms with Crippen LogP contribution in [0.25, 0.3) is 0 Å². The van der Waals surface area contributed by atoms with Gasteiger partial charge in [0.2, 0.25) is 0 Å². The zero-order valence-electron chi connectivity index (χ0n) is 15.8. The van der Waals surface area contributed by atoms with E-state index in [1.165, 1.54) is 11.1 Å². The quantitative estimate of drug-likeness (QED) is 0.637. The summed E-state index contributed by atoms with van der Waals surface area (Å²) in [6.45, 7) is 10.0. The molecule has 2 aromatic carbocycles. The first-order valence-corrected chi connectivity index (χ1v) is 9.53. The first-order valence-electron chi connectivity index (χ1n) is 9.53. The Morgan fingerprint density at radius 3 is 1.36 bits per heavy atom. The second kappa shape index (κ2) is 7.72. The summed E-state index contributed by atoms with van der Waals surface area (Å²) in [5, 5.41) is 0. The number of benzene rings is 2. The maximum Gasteiger partial charge on any atom is 0.174 e. The Kier molecular flexibility index (Phi) is 5.61. The van der Waals surface area contributed by atoms with Crippen molar-refractivity contribution in [1.29, 1.82) is 0 Å². The molecule has 25 heavy (non-hydrogen) atoms. The number of rotatable bonds is 6. The lowest BCUT2D eigenvalue weighted by Gasteiger charge is -2.38. The molecular formula is C23H30O2. The molecule has 0 saturated heterocycles. The molecule has 0 aliphatic heterocycles. The van der Waals surface area contributed by atoms with Gasteiger partial charge in [0.25, 0.3) is 0 Å². The average Bonchev–Trinajstić information content (AvgIpc) is 2.86. The smallest absolute Gasteiger partial charge is 0.174 e. The molecule has 3 rings (SSSR count). The lowest BCUT2D eigenvalue weighted by atomic mass is 9.78. The minimum absolute atomic E-state index is 0.273. The molecule has 1 aliphatic rings. The van der Waals surface area contributed by atoms with Crippen molar-refractivity contribution in [2.24, 2.45) is 11.8 Å². The summed E-state index contributed by atoms with van der Waals surface area (Å²) in [5.41, 5.74) is 2.74. The molecule has 4 atom stereocenters. The molecule has 1 fully saturated rings. The van der Waals surface area contributed by atoms with Crippen LogP contribution in [0.1, 0.15) is 50.7 Å². The summed E-state index contributed by atoms with van der Waals surface area (Å²) >= 11 is 0. The molecule has 1 saturated carbocycles. The van der Waals surface area contributed by atoms with Crippen LogP contribution in [0.4, 0.5) is 0 Å². The van der Waals surface area contributed by atoms with E-state index in [1.807, 2.05) is 0 Å². The van der Waals surface area contributed by atoms with E-state index < -0.39 is 5.79 Å². The molecule has 0 aromatic heterocycles. The van der Waals surface area contributed by atoms with Gasteiger partial charge in [0.05, 0.1) is 0 Å². The van der Waals surface area contributed by atoms with E-state index in [0.29, 0.717) is 25.0 Å². The predicted octanol–water partition coefficient (Wildman–Crippen LogP) is 5.61. The molecule has 1 aliphatic carbocycles. The Morgan fingerprint density at radius 2 is 1.04 bits per heavy atom. The lowest BCUT2D eigenvalue weighted by molar-refractivity contribution is -0.272. The molecule has 2 heteroatoms. The first-order chi connectivity index (χ1) is 12.2. The maximum atomic E-state index is 6.34. The fourth-order valence-electron chi connectivity index (χ4n) is 4.90. The van der Waals surface area contributed by atoms with Crippen LogP contribution in [0.15, 0.2) is 60.7 Å². The van der Waals surface area contributed by atoms with Crippen molar-refractivity contribution in [3.05, 3.63) is 71.8 Å². The highest BCUT2D eigenvalue weighted by molar-refractivity contribution is 5.34. The molecule has 134 valence electrons. The molecule has 0 spiro atoms. The van der Waals surface area contributed by atoms with E-state index in [1.54, 1.807) is 0 Å². The van der Waals surface area contributed by atoms with Crippen molar-refractivity contribution in [3.63, 3.8) is 0 Å². The zero-order chi connectivity index (χ0) is 17.9. The molecule has 2 nitrogen and oxygen atoms in total. The lowest BCUT2D eigenvalue weighted by Crippen LogP contribution is -2.44. The van der Waals surface area contributed by atoms with Gasteiger partial charge < -0.3 is 9.47 Å². The van der Waals surface area contributed by atoms with Crippen molar-refractivity contribution in [1.82, 2.24) is 0 Å². The van der Waals surface area contributed by atoms with Crippen molar-refractivity contribution < 1.29 is 9.47 Å². The van der Waals surface area contributed by atoms with E-state index in [9.17, 15) is 0 Å². The van der Waals surface area contributed by atoms with Gasteiger partial charge in [0.1, 0.15) is 0 Å². The Balaban J connectivity index is 2.12. The summed E-state index contributed by atoms with van der Waals surface area (Å²) in [6.07, 6.45) is 0. The van der Waals surface area contributed by atoms with E-state index in [2.05, 4.69) is 88.4 Å². The largest absolute Gasteiger partial charge is 0.350 e. The molecule has 2 aromatic rings. The minimum Gasteiger partial charge on any atom is -0.350 e. The van der Waals surface area contributed by atoms with Gasteiger partial charge in [-0.05, 0) is 36.8 Å². The summed E-state index contributed by atoms with van der Waals surface area (Å²) in [4.78, 5) is 0. The highest BCUT2D eigenvalue weighted by atomic mass is 16.7. The van der Waals surface area contributed by atoms with Gasteiger partial charge in [-0.25, -0.2) is 0 Å². The van der Waals surface area contributed by atoms with Crippen molar-refractivity contribution in [2.45, 2.75) is 45.3 Å². The summed E-state index contributed by atoms with van der Waals surface area (Å²) in [5.74, 6) is 0.753. The third kappa shape index (κ3) is 3.14. The fraction of sp³-hybridized carbons (Fsp3) is 0.478. The minimum atomic E-state index is -0.537. The van der Waals surface area contributed by atoms with Crippen molar-refractivity contribution >= 4 is 0 Å². The van der Waals surface area contributed by atoms with Gasteiger partial charge in [-0.3, -0.25) is 0 Å². The van der Waals surface area contributed by atoms with Crippen molar-refractivity contribution in [2.75, 3.05) is 13.2 Å². The standard InChI is InChI=1S/C23H30O2/c1-5-24-23(25-6-2)17(3)21(19-13-9-7-10-14-19)22(18(23)4)20-15-11-8-12-16-20/h7-18,21-22H,5-6H2,1-4H3. The maximum absolute atomic E-state index is 6.34. The number of hydrogen-bond acceptors (Lipinski definition) is 2. The fourth-order valence-corrected chi connectivity index (χ4v) is 4.90. The molecular weight excluding hydrogens is 308 g/mol. The average molecular weight is 338 g/mol. The molecule has 0 amide bonds. The predicted molar refractivity (Wildman–Crippen MR) is 103 cm³/mol.